The van der Waals surface area contributed by atoms with Crippen LogP contribution in [-0.4, -0.2) is 14.5 Å². The molecule has 0 saturated heterocycles. The van der Waals surface area contributed by atoms with Gasteiger partial charge in [0, 0.05) is 0 Å². The van der Waals surface area contributed by atoms with E-state index in [-0.39, 0.29) is 0 Å². The van der Waals surface area contributed by atoms with Crippen LogP contribution in [0.3, 0.4) is 0 Å². The van der Waals surface area contributed by atoms with Gasteiger partial charge in [0.15, 0.2) is 0 Å². The van der Waals surface area contributed by atoms with Crippen LogP contribution in [0.15, 0.2) is 60.7 Å². The van der Waals surface area contributed by atoms with Crippen molar-refractivity contribution < 1.29 is 0 Å². The molecule has 0 aliphatic heterocycles. The molecule has 0 unspecified atom stereocenters. The number of benzene rings is 3. The number of hydrogen-bond acceptors (Lipinski definition) is 0. The van der Waals surface area contributed by atoms with E-state index in [9.17, 15) is 0 Å². The maximum atomic E-state index is 2.46. The third-order valence-corrected chi connectivity index (χ3v) is 6.67. The molecule has 1 aliphatic carbocycles. The summed E-state index contributed by atoms with van der Waals surface area (Å²) in [4.78, 5) is 0. The molecule has 1 aliphatic rings. The van der Waals surface area contributed by atoms with Crippen LogP contribution in [0.5, 0.6) is 0 Å². The normalized spacial score (nSPS) is 12.8. The van der Waals surface area contributed by atoms with Gasteiger partial charge in [-0.05, 0) is 0 Å². The van der Waals surface area contributed by atoms with Crippen molar-refractivity contribution in [3.05, 3.63) is 71.8 Å². The Labute approximate surface area is 123 Å². The van der Waals surface area contributed by atoms with Gasteiger partial charge in [0.2, 0.25) is 0 Å². The van der Waals surface area contributed by atoms with Gasteiger partial charge in [-0.25, -0.2) is 0 Å². The van der Waals surface area contributed by atoms with E-state index in [1.165, 1.54) is 37.3 Å². The van der Waals surface area contributed by atoms with Gasteiger partial charge in [0.25, 0.3) is 0 Å². The Bertz CT molecular complexity index is 976. The Kier molecular flexibility index (Phi) is 2.10. The molecule has 0 saturated carbocycles. The minimum absolute atomic E-state index is 0.482. The molecule has 3 aromatic carbocycles. The summed E-state index contributed by atoms with van der Waals surface area (Å²) in [7, 11) is 0. The van der Waals surface area contributed by atoms with E-state index >= 15 is 0 Å². The third-order valence-electron chi connectivity index (χ3n) is 4.29. The molecule has 5 rings (SSSR count). The monoisotopic (exact) mass is 320 g/mol. The fraction of sp³-hybridized carbons (Fsp3) is 0.0526. The average Bonchev–Trinajstić information content (AvgIpc) is 3.02. The van der Waals surface area contributed by atoms with Crippen molar-refractivity contribution in [2.45, 2.75) is 6.42 Å². The Morgan fingerprint density at radius 2 is 1.50 bits per heavy atom. The summed E-state index contributed by atoms with van der Waals surface area (Å²) in [5, 5.41) is 2.92. The zero-order valence-corrected chi connectivity index (χ0v) is 12.6. The van der Waals surface area contributed by atoms with Gasteiger partial charge < -0.3 is 0 Å². The van der Waals surface area contributed by atoms with E-state index < -0.39 is 0 Å². The first-order valence-corrected chi connectivity index (χ1v) is 8.64. The quantitative estimate of drug-likeness (QED) is 0.365. The molecule has 94 valence electrons. The Hall–Kier alpha value is -1.82. The van der Waals surface area contributed by atoms with Crippen LogP contribution in [0.2, 0.25) is 0 Å². The van der Waals surface area contributed by atoms with E-state index in [1.54, 1.807) is 4.26 Å². The molecule has 0 bridgehead atoms. The van der Waals surface area contributed by atoms with Gasteiger partial charge in [0.1, 0.15) is 0 Å². The van der Waals surface area contributed by atoms with Crippen molar-refractivity contribution in [2.24, 2.45) is 0 Å². The van der Waals surface area contributed by atoms with Crippen molar-refractivity contribution in [3.63, 3.8) is 0 Å². The standard InChI is InChI=1S/C19H12Se/c1-2-6-14-12(5-1)9-13-10-19-17(11-16(13)14)15-7-3-4-8-18(15)20-19/h1-8,10-11H,9H2. The van der Waals surface area contributed by atoms with Gasteiger partial charge in [-0.3, -0.25) is 0 Å². The summed E-state index contributed by atoms with van der Waals surface area (Å²) < 4.78 is 3.09. The summed E-state index contributed by atoms with van der Waals surface area (Å²) in [6.07, 6.45) is 1.10. The van der Waals surface area contributed by atoms with Crippen LogP contribution in [0.25, 0.3) is 30.4 Å². The fourth-order valence-electron chi connectivity index (χ4n) is 3.35. The number of fused-ring (bicyclic) bond motifs is 6. The molecule has 1 aromatic heterocycles. The van der Waals surface area contributed by atoms with E-state index in [0.29, 0.717) is 14.5 Å². The maximum absolute atomic E-state index is 2.46. The predicted molar refractivity (Wildman–Crippen MR) is 86.6 cm³/mol. The molecular formula is C19H12Se. The van der Waals surface area contributed by atoms with E-state index in [4.69, 9.17) is 0 Å². The topological polar surface area (TPSA) is 0 Å². The van der Waals surface area contributed by atoms with Crippen molar-refractivity contribution >= 4 is 33.8 Å². The minimum atomic E-state index is 0.482. The van der Waals surface area contributed by atoms with Crippen LogP contribution < -0.4 is 0 Å². The van der Waals surface area contributed by atoms with Gasteiger partial charge in [-0.2, -0.15) is 0 Å². The fourth-order valence-corrected chi connectivity index (χ4v) is 5.77. The van der Waals surface area contributed by atoms with Crippen molar-refractivity contribution in [3.8, 4) is 11.1 Å². The zero-order chi connectivity index (χ0) is 13.1. The molecule has 0 amide bonds. The molecule has 0 N–H and O–H groups in total. The molecule has 0 spiro atoms. The first kappa shape index (κ1) is 10.9. The summed E-state index contributed by atoms with van der Waals surface area (Å²) in [6.45, 7) is 0. The number of hydrogen-bond donors (Lipinski definition) is 0. The Morgan fingerprint density at radius 3 is 2.50 bits per heavy atom. The van der Waals surface area contributed by atoms with E-state index in [1.807, 2.05) is 0 Å². The van der Waals surface area contributed by atoms with Gasteiger partial charge in [-0.15, -0.1) is 0 Å². The summed E-state index contributed by atoms with van der Waals surface area (Å²) in [6, 6.07) is 22.6. The molecule has 0 atom stereocenters. The molecule has 0 fully saturated rings. The molecular weight excluding hydrogens is 307 g/mol. The summed E-state index contributed by atoms with van der Waals surface area (Å²) >= 11 is 0.482. The summed E-state index contributed by atoms with van der Waals surface area (Å²) in [5.41, 5.74) is 5.88. The van der Waals surface area contributed by atoms with Crippen LogP contribution >= 0.6 is 0 Å². The molecule has 4 aromatic rings. The first-order valence-electron chi connectivity index (χ1n) is 6.92. The summed E-state index contributed by atoms with van der Waals surface area (Å²) in [5.74, 6) is 0. The molecule has 0 nitrogen and oxygen atoms in total. The van der Waals surface area contributed by atoms with E-state index in [2.05, 4.69) is 60.7 Å². The predicted octanol–water partition coefficient (Wildman–Crippen LogP) is 4.62. The Morgan fingerprint density at radius 1 is 0.650 bits per heavy atom. The average molecular weight is 319 g/mol. The Balaban J connectivity index is 1.91. The van der Waals surface area contributed by atoms with Crippen LogP contribution in [0, 0.1) is 0 Å². The van der Waals surface area contributed by atoms with Crippen molar-refractivity contribution in [1.29, 1.82) is 0 Å². The second-order valence-electron chi connectivity index (χ2n) is 5.44. The van der Waals surface area contributed by atoms with Crippen molar-refractivity contribution in [1.82, 2.24) is 0 Å². The van der Waals surface area contributed by atoms with Gasteiger partial charge in [-0.1, -0.05) is 0 Å². The van der Waals surface area contributed by atoms with Crippen LogP contribution in [-0.2, 0) is 6.42 Å². The third kappa shape index (κ3) is 1.37. The first-order chi connectivity index (χ1) is 9.90. The van der Waals surface area contributed by atoms with Crippen LogP contribution in [0.4, 0.5) is 0 Å². The second-order valence-corrected chi connectivity index (χ2v) is 7.71. The van der Waals surface area contributed by atoms with Gasteiger partial charge >= 0.3 is 123 Å². The zero-order valence-electron chi connectivity index (χ0n) is 10.9. The van der Waals surface area contributed by atoms with Crippen molar-refractivity contribution in [2.75, 3.05) is 0 Å². The molecule has 20 heavy (non-hydrogen) atoms. The van der Waals surface area contributed by atoms with Gasteiger partial charge in [0.05, 0.1) is 0 Å². The molecule has 1 heterocycles. The molecule has 0 radical (unpaired) electrons. The molecule has 1 heteroatoms. The SMILES string of the molecule is c1ccc2c(c1)Cc1cc3[se]c4ccccc4c3cc1-2. The second kappa shape index (κ2) is 3.85. The number of rotatable bonds is 0. The van der Waals surface area contributed by atoms with E-state index in [0.717, 1.165) is 6.42 Å². The van der Waals surface area contributed by atoms with Crippen LogP contribution in [0.1, 0.15) is 11.1 Å².